The highest BCUT2D eigenvalue weighted by atomic mass is 16.5. The van der Waals surface area contributed by atoms with Crippen LogP contribution in [0.1, 0.15) is 85.4 Å². The molecule has 37 heavy (non-hydrogen) atoms. The van der Waals surface area contributed by atoms with E-state index < -0.39 is 0 Å². The average Bonchev–Trinajstić information content (AvgIpc) is 3.18. The van der Waals surface area contributed by atoms with Gasteiger partial charge in [0.25, 0.3) is 11.8 Å². The van der Waals surface area contributed by atoms with Crippen LogP contribution >= 0.6 is 0 Å². The van der Waals surface area contributed by atoms with Crippen LogP contribution in [0.25, 0.3) is 0 Å². The largest absolute Gasteiger partial charge is 0.466 e. The van der Waals surface area contributed by atoms with Gasteiger partial charge in [0.05, 0.1) is 29.3 Å². The molecular weight excluding hydrogens is 470 g/mol. The first kappa shape index (κ1) is 25.7. The van der Waals surface area contributed by atoms with E-state index in [-0.39, 0.29) is 35.5 Å². The Morgan fingerprint density at radius 3 is 2.38 bits per heavy atom. The zero-order valence-electron chi connectivity index (χ0n) is 22.0. The molecule has 3 fully saturated rings. The van der Waals surface area contributed by atoms with Crippen LogP contribution in [-0.2, 0) is 14.3 Å². The summed E-state index contributed by atoms with van der Waals surface area (Å²) in [7, 11) is 0. The molecule has 1 atom stereocenters. The summed E-state index contributed by atoms with van der Waals surface area (Å²) in [6, 6.07) is 5.57. The lowest BCUT2D eigenvalue weighted by molar-refractivity contribution is -0.152. The number of anilines is 1. The van der Waals surface area contributed by atoms with Gasteiger partial charge in [-0.15, -0.1) is 0 Å². The van der Waals surface area contributed by atoms with Crippen LogP contribution in [0.15, 0.2) is 18.2 Å². The zero-order valence-corrected chi connectivity index (χ0v) is 22.0. The maximum atomic E-state index is 13.4. The third kappa shape index (κ3) is 5.25. The quantitative estimate of drug-likeness (QED) is 0.427. The number of benzene rings is 1. The Balaban J connectivity index is 1.22. The summed E-state index contributed by atoms with van der Waals surface area (Å²) in [5.41, 5.74) is 1.85. The highest BCUT2D eigenvalue weighted by Gasteiger charge is 2.40. The van der Waals surface area contributed by atoms with Gasteiger partial charge in [-0.1, -0.05) is 25.3 Å². The van der Waals surface area contributed by atoms with Gasteiger partial charge < -0.3 is 14.5 Å². The molecule has 200 valence electrons. The molecule has 1 unspecified atom stereocenters. The number of hydrogen-bond acceptors (Lipinski definition) is 6. The highest BCUT2D eigenvalue weighted by Crippen LogP contribution is 2.36. The zero-order chi connectivity index (χ0) is 25.9. The lowest BCUT2D eigenvalue weighted by atomic mass is 9.89. The van der Waals surface area contributed by atoms with E-state index in [1.165, 1.54) is 24.2 Å². The number of rotatable bonds is 6. The van der Waals surface area contributed by atoms with E-state index in [0.29, 0.717) is 69.2 Å². The van der Waals surface area contributed by atoms with E-state index in [1.54, 1.807) is 13.0 Å². The molecule has 3 aliphatic heterocycles. The van der Waals surface area contributed by atoms with E-state index in [4.69, 9.17) is 4.74 Å². The van der Waals surface area contributed by atoms with Gasteiger partial charge in [-0.05, 0) is 63.5 Å². The summed E-state index contributed by atoms with van der Waals surface area (Å²) < 4.78 is 5.18. The normalized spacial score (nSPS) is 23.4. The monoisotopic (exact) mass is 509 g/mol. The Hall–Kier alpha value is -2.90. The first-order chi connectivity index (χ1) is 18.0. The van der Waals surface area contributed by atoms with Crippen molar-refractivity contribution in [2.75, 3.05) is 44.2 Å². The number of carbonyl (C=O) groups is 4. The minimum Gasteiger partial charge on any atom is -0.466 e. The van der Waals surface area contributed by atoms with Crippen LogP contribution in [0.5, 0.6) is 0 Å². The Morgan fingerprint density at radius 2 is 1.65 bits per heavy atom. The second kappa shape index (κ2) is 11.2. The van der Waals surface area contributed by atoms with Crippen molar-refractivity contribution in [1.82, 2.24) is 9.80 Å². The Morgan fingerprint density at radius 1 is 0.892 bits per heavy atom. The Labute approximate surface area is 219 Å². The number of carbonyl (C=O) groups excluding carboxylic acids is 4. The molecule has 4 aliphatic rings. The van der Waals surface area contributed by atoms with Crippen molar-refractivity contribution in [3.63, 3.8) is 0 Å². The SMILES string of the molecule is CCOC(=O)C1CCCN(C(=O)C2CCN(c3cccc4c3C(=O)N(CC3CCCCC3)C4=O)CC2)C1. The topological polar surface area (TPSA) is 87.2 Å². The molecule has 1 aromatic rings. The molecule has 8 nitrogen and oxygen atoms in total. The van der Waals surface area contributed by atoms with Crippen molar-refractivity contribution in [3.8, 4) is 0 Å². The molecule has 1 aliphatic carbocycles. The lowest BCUT2D eigenvalue weighted by Gasteiger charge is -2.38. The van der Waals surface area contributed by atoms with Gasteiger partial charge in [-0.25, -0.2) is 0 Å². The number of amides is 3. The number of hydrogen-bond donors (Lipinski definition) is 0. The first-order valence-electron chi connectivity index (χ1n) is 14.2. The van der Waals surface area contributed by atoms with Gasteiger partial charge in [-0.3, -0.25) is 24.1 Å². The predicted octanol–water partition coefficient (Wildman–Crippen LogP) is 3.88. The maximum absolute atomic E-state index is 13.4. The molecule has 0 bridgehead atoms. The fraction of sp³-hybridized carbons (Fsp3) is 0.655. The highest BCUT2D eigenvalue weighted by molar-refractivity contribution is 6.23. The van der Waals surface area contributed by atoms with Crippen LogP contribution in [0, 0.1) is 17.8 Å². The number of fused-ring (bicyclic) bond motifs is 1. The summed E-state index contributed by atoms with van der Waals surface area (Å²) in [5.74, 6) is -0.337. The summed E-state index contributed by atoms with van der Waals surface area (Å²) in [6.07, 6.45) is 8.72. The van der Waals surface area contributed by atoms with Crippen LogP contribution in [0.4, 0.5) is 5.69 Å². The maximum Gasteiger partial charge on any atom is 0.310 e. The van der Waals surface area contributed by atoms with Gasteiger partial charge in [-0.2, -0.15) is 0 Å². The molecule has 0 aromatic heterocycles. The molecular formula is C29H39N3O5. The summed E-state index contributed by atoms with van der Waals surface area (Å²) in [6.45, 7) is 5.13. The van der Waals surface area contributed by atoms with E-state index in [2.05, 4.69) is 4.90 Å². The van der Waals surface area contributed by atoms with Crippen molar-refractivity contribution < 1.29 is 23.9 Å². The first-order valence-corrected chi connectivity index (χ1v) is 14.2. The van der Waals surface area contributed by atoms with Gasteiger partial charge in [0.1, 0.15) is 0 Å². The van der Waals surface area contributed by atoms with E-state index in [1.807, 2.05) is 17.0 Å². The molecule has 0 spiro atoms. The second-order valence-electron chi connectivity index (χ2n) is 11.1. The van der Waals surface area contributed by atoms with E-state index >= 15 is 0 Å². The molecule has 8 heteroatoms. The van der Waals surface area contributed by atoms with Crippen molar-refractivity contribution in [2.24, 2.45) is 17.8 Å². The third-order valence-corrected chi connectivity index (χ3v) is 8.68. The van der Waals surface area contributed by atoms with Crippen LogP contribution in [0.3, 0.4) is 0 Å². The van der Waals surface area contributed by atoms with Gasteiger partial charge in [0.15, 0.2) is 0 Å². The number of nitrogens with zero attached hydrogens (tertiary/aromatic N) is 3. The van der Waals surface area contributed by atoms with Crippen LogP contribution in [0.2, 0.25) is 0 Å². The molecule has 2 saturated heterocycles. The molecule has 3 amide bonds. The van der Waals surface area contributed by atoms with Gasteiger partial charge >= 0.3 is 5.97 Å². The van der Waals surface area contributed by atoms with Crippen LogP contribution < -0.4 is 4.90 Å². The third-order valence-electron chi connectivity index (χ3n) is 8.68. The summed E-state index contributed by atoms with van der Waals surface area (Å²) in [4.78, 5) is 57.5. The van der Waals surface area contributed by atoms with Gasteiger partial charge in [0, 0.05) is 38.6 Å². The molecule has 5 rings (SSSR count). The number of ether oxygens (including phenoxy) is 1. The number of piperidine rings is 2. The summed E-state index contributed by atoms with van der Waals surface area (Å²) >= 11 is 0. The second-order valence-corrected chi connectivity index (χ2v) is 11.1. The average molecular weight is 510 g/mol. The minimum absolute atomic E-state index is 0.0888. The van der Waals surface area contributed by atoms with Crippen molar-refractivity contribution in [2.45, 2.75) is 64.7 Å². The number of imide groups is 1. The van der Waals surface area contributed by atoms with Crippen LogP contribution in [-0.4, -0.2) is 72.8 Å². The molecule has 0 radical (unpaired) electrons. The molecule has 3 heterocycles. The van der Waals surface area contributed by atoms with E-state index in [9.17, 15) is 19.2 Å². The molecule has 0 N–H and O–H groups in total. The van der Waals surface area contributed by atoms with Gasteiger partial charge in [0.2, 0.25) is 5.91 Å². The van der Waals surface area contributed by atoms with Crippen molar-refractivity contribution in [1.29, 1.82) is 0 Å². The summed E-state index contributed by atoms with van der Waals surface area (Å²) in [5, 5.41) is 0. The Bertz CT molecular complexity index is 1040. The van der Waals surface area contributed by atoms with E-state index in [0.717, 1.165) is 31.4 Å². The smallest absolute Gasteiger partial charge is 0.310 e. The molecule has 1 saturated carbocycles. The number of likely N-dealkylation sites (tertiary alicyclic amines) is 1. The van der Waals surface area contributed by atoms with Crippen molar-refractivity contribution >= 4 is 29.4 Å². The lowest BCUT2D eigenvalue weighted by Crippen LogP contribution is -2.47. The minimum atomic E-state index is -0.232. The number of esters is 1. The fourth-order valence-electron chi connectivity index (χ4n) is 6.63. The van der Waals surface area contributed by atoms with Crippen molar-refractivity contribution in [3.05, 3.63) is 29.3 Å². The molecule has 1 aromatic carbocycles. The fourth-order valence-corrected chi connectivity index (χ4v) is 6.63. The Kier molecular flexibility index (Phi) is 7.81. The standard InChI is InChI=1S/C29H39N3O5/c1-2-37-29(36)22-10-7-15-31(19-22)26(33)21-13-16-30(17-14-21)24-12-6-11-23-25(24)28(35)32(27(23)34)18-20-8-4-3-5-9-20/h6,11-12,20-22H,2-5,7-10,13-19H2,1H3. The predicted molar refractivity (Wildman–Crippen MR) is 139 cm³/mol.